The monoisotopic (exact) mass is 439 g/mol. The average Bonchev–Trinajstić information content (AvgIpc) is 2.76. The van der Waals surface area contributed by atoms with Gasteiger partial charge in [-0.3, -0.25) is 4.79 Å². The summed E-state index contributed by atoms with van der Waals surface area (Å²) in [6, 6.07) is 5.48. The summed E-state index contributed by atoms with van der Waals surface area (Å²) in [5.74, 6) is -1.34. The zero-order chi connectivity index (χ0) is 22.5. The van der Waals surface area contributed by atoms with Gasteiger partial charge in [-0.2, -0.15) is 0 Å². The molecule has 0 bridgehead atoms. The number of carboxylic acid groups (broad SMARTS) is 1. The van der Waals surface area contributed by atoms with E-state index in [-0.39, 0.29) is 29.1 Å². The van der Waals surface area contributed by atoms with Crippen molar-refractivity contribution in [1.82, 2.24) is 9.55 Å². The number of anilines is 3. The molecular formula is C22H22FN5O4. The van der Waals surface area contributed by atoms with Crippen LogP contribution in [0.1, 0.15) is 29.6 Å². The van der Waals surface area contributed by atoms with Gasteiger partial charge in [0.2, 0.25) is 5.43 Å². The summed E-state index contributed by atoms with van der Waals surface area (Å²) in [6.07, 6.45) is 5.52. The minimum absolute atomic E-state index is 0.0585. The van der Waals surface area contributed by atoms with Crippen LogP contribution in [0.5, 0.6) is 5.75 Å². The van der Waals surface area contributed by atoms with Crippen molar-refractivity contribution in [3.8, 4) is 5.75 Å². The van der Waals surface area contributed by atoms with Crippen LogP contribution in [0.25, 0.3) is 10.9 Å². The van der Waals surface area contributed by atoms with Crippen LogP contribution in [-0.2, 0) is 5.54 Å². The molecule has 10 heteroatoms. The summed E-state index contributed by atoms with van der Waals surface area (Å²) in [5.41, 5.74) is 4.36. The summed E-state index contributed by atoms with van der Waals surface area (Å²) in [4.78, 5) is 28.8. The van der Waals surface area contributed by atoms with E-state index in [9.17, 15) is 14.7 Å². The molecule has 2 aromatic heterocycles. The lowest BCUT2D eigenvalue weighted by Gasteiger charge is -2.47. The zero-order valence-electron chi connectivity index (χ0n) is 17.2. The fourth-order valence-electron chi connectivity index (χ4n) is 4.47. The van der Waals surface area contributed by atoms with E-state index in [1.165, 1.54) is 6.20 Å². The highest BCUT2D eigenvalue weighted by molar-refractivity contribution is 6.03. The van der Waals surface area contributed by atoms with Gasteiger partial charge in [-0.15, -0.1) is 0 Å². The van der Waals surface area contributed by atoms with Gasteiger partial charge in [-0.1, -0.05) is 6.07 Å². The second-order valence-corrected chi connectivity index (χ2v) is 8.14. The number of nitrogen functional groups attached to an aromatic ring is 1. The maximum atomic E-state index is 15.3. The molecular weight excluding hydrogens is 417 g/mol. The van der Waals surface area contributed by atoms with Gasteiger partial charge in [0.05, 0.1) is 22.1 Å². The van der Waals surface area contributed by atoms with Gasteiger partial charge in [-0.05, 0) is 31.4 Å². The lowest BCUT2D eigenvalue weighted by molar-refractivity contribution is 0.0584. The van der Waals surface area contributed by atoms with Crippen molar-refractivity contribution in [2.24, 2.45) is 0 Å². The van der Waals surface area contributed by atoms with Crippen LogP contribution in [-0.4, -0.2) is 40.3 Å². The number of hydrogen-bond acceptors (Lipinski definition) is 7. The molecule has 3 heterocycles. The average molecular weight is 439 g/mol. The number of carbonyl (C=O) groups is 1. The number of nitrogens with zero attached hydrogens (tertiary/aromatic N) is 2. The van der Waals surface area contributed by atoms with E-state index >= 15 is 4.39 Å². The molecule has 0 saturated heterocycles. The van der Waals surface area contributed by atoms with Crippen molar-refractivity contribution in [3.05, 3.63) is 52.2 Å². The molecule has 1 aliphatic heterocycles. The van der Waals surface area contributed by atoms with E-state index in [2.05, 4.69) is 15.6 Å². The van der Waals surface area contributed by atoms with Gasteiger partial charge in [0.15, 0.2) is 11.6 Å². The van der Waals surface area contributed by atoms with Crippen molar-refractivity contribution in [3.63, 3.8) is 0 Å². The number of ether oxygens (including phenoxy) is 1. The molecule has 0 radical (unpaired) electrons. The van der Waals surface area contributed by atoms with Crippen LogP contribution in [0.3, 0.4) is 0 Å². The van der Waals surface area contributed by atoms with Gasteiger partial charge < -0.3 is 30.8 Å². The van der Waals surface area contributed by atoms with E-state index in [4.69, 9.17) is 10.5 Å². The molecule has 1 spiro atoms. The number of fused-ring (bicyclic) bond motifs is 1. The topological polar surface area (TPSA) is 131 Å². The molecule has 0 unspecified atom stereocenters. The third-order valence-corrected chi connectivity index (χ3v) is 6.28. The van der Waals surface area contributed by atoms with Crippen LogP contribution < -0.4 is 26.5 Å². The Hall–Kier alpha value is -3.82. The minimum Gasteiger partial charge on any atom is -0.487 e. The molecule has 0 amide bonds. The van der Waals surface area contributed by atoms with Crippen LogP contribution in [0.15, 0.2) is 35.4 Å². The fraction of sp³-hybridized carbons (Fsp3) is 0.318. The Labute approximate surface area is 182 Å². The molecule has 1 aliphatic carbocycles. The van der Waals surface area contributed by atoms with Crippen molar-refractivity contribution in [2.45, 2.75) is 24.8 Å². The number of pyridine rings is 2. The Morgan fingerprint density at radius 3 is 2.75 bits per heavy atom. The quantitative estimate of drug-likeness (QED) is 0.340. The highest BCUT2D eigenvalue weighted by Crippen LogP contribution is 2.50. The highest BCUT2D eigenvalue weighted by atomic mass is 19.1. The summed E-state index contributed by atoms with van der Waals surface area (Å²) in [6.45, 7) is 1.04. The number of benzene rings is 1. The second-order valence-electron chi connectivity index (χ2n) is 8.14. The van der Waals surface area contributed by atoms with Crippen LogP contribution in [0, 0.1) is 5.82 Å². The van der Waals surface area contributed by atoms with Gasteiger partial charge in [-0.25, -0.2) is 14.2 Å². The van der Waals surface area contributed by atoms with E-state index in [1.807, 2.05) is 18.2 Å². The zero-order valence-corrected chi connectivity index (χ0v) is 17.2. The third kappa shape index (κ3) is 2.94. The molecule has 0 atom stereocenters. The van der Waals surface area contributed by atoms with Gasteiger partial charge in [0.25, 0.3) is 0 Å². The van der Waals surface area contributed by atoms with Crippen molar-refractivity contribution >= 4 is 34.1 Å². The number of hydrogen-bond donors (Lipinski definition) is 4. The van der Waals surface area contributed by atoms with E-state index in [0.717, 1.165) is 19.3 Å². The molecule has 2 aliphatic rings. The molecule has 166 valence electrons. The molecule has 1 saturated carbocycles. The molecule has 9 nitrogen and oxygen atoms in total. The minimum atomic E-state index is -1.37. The summed E-state index contributed by atoms with van der Waals surface area (Å²) >= 11 is 0. The number of rotatable bonds is 6. The normalized spacial score (nSPS) is 15.8. The molecule has 1 fully saturated rings. The van der Waals surface area contributed by atoms with Crippen molar-refractivity contribution < 1.29 is 19.0 Å². The molecule has 5 rings (SSSR count). The van der Waals surface area contributed by atoms with Crippen LogP contribution in [0.2, 0.25) is 0 Å². The summed E-state index contributed by atoms with van der Waals surface area (Å²) in [7, 11) is 0. The Morgan fingerprint density at radius 2 is 2.09 bits per heavy atom. The number of halogens is 1. The number of carboxylic acids is 1. The van der Waals surface area contributed by atoms with E-state index in [1.54, 1.807) is 10.8 Å². The lowest BCUT2D eigenvalue weighted by atomic mass is 9.76. The fourth-order valence-corrected chi connectivity index (χ4v) is 4.47. The Kier molecular flexibility index (Phi) is 4.65. The number of nitrogens with two attached hydrogens (primary N) is 1. The standard InChI is InChI=1S/C22H22FN5O4/c23-15-16(24)14-18-20(17(15)27-9-8-26-13-4-1-2-7-25-13)32-11-22(5-3-6-22)28(18)10-12(19(14)29)21(30)31/h1-2,4,7,10,27H,3,5-6,8-9,11,24H2,(H,25,26)(H,30,31). The molecule has 3 aromatic rings. The second kappa shape index (κ2) is 7.40. The molecule has 5 N–H and O–H groups in total. The SMILES string of the molecule is Nc1c(F)c(NCCNc2ccccn2)c2c3c1c(=O)c(C(=O)O)cn3C1(CCC1)CO2. The first-order chi connectivity index (χ1) is 15.4. The summed E-state index contributed by atoms with van der Waals surface area (Å²) in [5, 5.41) is 15.5. The number of aromatic carboxylic acids is 1. The first-order valence-electron chi connectivity index (χ1n) is 10.4. The summed E-state index contributed by atoms with van der Waals surface area (Å²) < 4.78 is 23.1. The first kappa shape index (κ1) is 20.1. The van der Waals surface area contributed by atoms with E-state index < -0.39 is 28.3 Å². The Bertz CT molecular complexity index is 1290. The van der Waals surface area contributed by atoms with Crippen LogP contribution in [0.4, 0.5) is 21.6 Å². The smallest absolute Gasteiger partial charge is 0.341 e. The Balaban J connectivity index is 1.58. The van der Waals surface area contributed by atoms with Crippen molar-refractivity contribution in [2.75, 3.05) is 36.1 Å². The van der Waals surface area contributed by atoms with Gasteiger partial charge in [0.1, 0.15) is 23.7 Å². The van der Waals surface area contributed by atoms with Gasteiger partial charge in [0, 0.05) is 25.5 Å². The van der Waals surface area contributed by atoms with Gasteiger partial charge >= 0.3 is 5.97 Å². The highest BCUT2D eigenvalue weighted by Gasteiger charge is 2.45. The van der Waals surface area contributed by atoms with Crippen molar-refractivity contribution in [1.29, 1.82) is 0 Å². The maximum Gasteiger partial charge on any atom is 0.341 e. The Morgan fingerprint density at radius 1 is 1.31 bits per heavy atom. The lowest BCUT2D eigenvalue weighted by Crippen LogP contribution is -2.49. The number of nitrogens with one attached hydrogen (secondary N) is 2. The predicted octanol–water partition coefficient (Wildman–Crippen LogP) is 2.61. The van der Waals surface area contributed by atoms with E-state index in [0.29, 0.717) is 24.4 Å². The molecule has 32 heavy (non-hydrogen) atoms. The number of aromatic nitrogens is 2. The van der Waals surface area contributed by atoms with Crippen LogP contribution >= 0.6 is 0 Å². The third-order valence-electron chi connectivity index (χ3n) is 6.28. The largest absolute Gasteiger partial charge is 0.487 e. The molecule has 1 aromatic carbocycles. The predicted molar refractivity (Wildman–Crippen MR) is 118 cm³/mol. The first-order valence-corrected chi connectivity index (χ1v) is 10.4. The maximum absolute atomic E-state index is 15.3.